The Labute approximate surface area is 86.3 Å². The third-order valence-electron chi connectivity index (χ3n) is 3.12. The monoisotopic (exact) mass is 189 g/mol. The predicted octanol–water partition coefficient (Wildman–Crippen LogP) is 3.06. The number of nitrogens with two attached hydrogens (primary N) is 1. The van der Waals surface area contributed by atoms with Crippen molar-refractivity contribution in [2.75, 3.05) is 5.73 Å². The summed E-state index contributed by atoms with van der Waals surface area (Å²) >= 11 is 0. The Balaban J connectivity index is 2.52. The zero-order valence-electron chi connectivity index (χ0n) is 9.35. The summed E-state index contributed by atoms with van der Waals surface area (Å²) in [6.07, 6.45) is 3.65. The molecule has 0 unspecified atom stereocenters. The molecule has 2 N–H and O–H groups in total. The minimum Gasteiger partial charge on any atom is -0.398 e. The molecule has 0 aliphatic heterocycles. The second kappa shape index (κ2) is 3.01. The number of hydrogen-bond acceptors (Lipinski definition) is 1. The number of anilines is 1. The van der Waals surface area contributed by atoms with Crippen LogP contribution in [0.2, 0.25) is 0 Å². The molecule has 0 radical (unpaired) electrons. The van der Waals surface area contributed by atoms with E-state index >= 15 is 0 Å². The second-order valence-corrected chi connectivity index (χ2v) is 5.31. The molecule has 76 valence electrons. The van der Waals surface area contributed by atoms with Crippen molar-refractivity contribution in [3.05, 3.63) is 28.8 Å². The Hall–Kier alpha value is -0.980. The molecule has 0 heterocycles. The van der Waals surface area contributed by atoms with Crippen LogP contribution in [0, 0.1) is 0 Å². The summed E-state index contributed by atoms with van der Waals surface area (Å²) in [6, 6.07) is 4.50. The van der Waals surface area contributed by atoms with Gasteiger partial charge in [-0.15, -0.1) is 0 Å². The topological polar surface area (TPSA) is 26.0 Å². The molecule has 0 amide bonds. The molecule has 0 bridgehead atoms. The Morgan fingerprint density at radius 3 is 2.50 bits per heavy atom. The SMILES string of the molecule is CC(C)(C)c1cc(N)c2c(c1)CCC2. The van der Waals surface area contributed by atoms with E-state index < -0.39 is 0 Å². The first-order valence-corrected chi connectivity index (χ1v) is 5.40. The maximum absolute atomic E-state index is 6.07. The summed E-state index contributed by atoms with van der Waals surface area (Å²) in [5.41, 5.74) is 11.5. The van der Waals surface area contributed by atoms with Crippen LogP contribution in [-0.2, 0) is 18.3 Å². The molecule has 0 spiro atoms. The lowest BCUT2D eigenvalue weighted by atomic mass is 9.85. The fourth-order valence-electron chi connectivity index (χ4n) is 2.17. The lowest BCUT2D eigenvalue weighted by molar-refractivity contribution is 0.590. The highest BCUT2D eigenvalue weighted by Crippen LogP contribution is 2.33. The average molecular weight is 189 g/mol. The number of rotatable bonds is 0. The molecule has 0 atom stereocenters. The first-order chi connectivity index (χ1) is 6.48. The van der Waals surface area contributed by atoms with Crippen molar-refractivity contribution >= 4 is 5.69 Å². The highest BCUT2D eigenvalue weighted by atomic mass is 14.6. The van der Waals surface area contributed by atoms with Crippen LogP contribution in [0.25, 0.3) is 0 Å². The number of fused-ring (bicyclic) bond motifs is 1. The van der Waals surface area contributed by atoms with Gasteiger partial charge in [0.15, 0.2) is 0 Å². The van der Waals surface area contributed by atoms with Gasteiger partial charge in [-0.05, 0) is 47.4 Å². The lowest BCUT2D eigenvalue weighted by Crippen LogP contribution is -2.12. The number of benzene rings is 1. The van der Waals surface area contributed by atoms with Gasteiger partial charge in [0, 0.05) is 5.69 Å². The van der Waals surface area contributed by atoms with Crippen LogP contribution in [-0.4, -0.2) is 0 Å². The van der Waals surface area contributed by atoms with Crippen LogP contribution >= 0.6 is 0 Å². The summed E-state index contributed by atoms with van der Waals surface area (Å²) in [6.45, 7) is 6.72. The molecular formula is C13H19N. The van der Waals surface area contributed by atoms with Crippen molar-refractivity contribution in [3.63, 3.8) is 0 Å². The average Bonchev–Trinajstić information content (AvgIpc) is 2.50. The zero-order chi connectivity index (χ0) is 10.3. The van der Waals surface area contributed by atoms with E-state index in [-0.39, 0.29) is 5.41 Å². The van der Waals surface area contributed by atoms with Crippen molar-refractivity contribution in [2.24, 2.45) is 0 Å². The summed E-state index contributed by atoms with van der Waals surface area (Å²) in [4.78, 5) is 0. The molecule has 0 saturated heterocycles. The van der Waals surface area contributed by atoms with E-state index in [9.17, 15) is 0 Å². The Morgan fingerprint density at radius 1 is 1.14 bits per heavy atom. The van der Waals surface area contributed by atoms with Crippen LogP contribution in [0.3, 0.4) is 0 Å². The van der Waals surface area contributed by atoms with E-state index in [1.165, 1.54) is 36.0 Å². The number of hydrogen-bond donors (Lipinski definition) is 1. The first kappa shape index (κ1) is 9.57. The van der Waals surface area contributed by atoms with Crippen molar-refractivity contribution in [3.8, 4) is 0 Å². The van der Waals surface area contributed by atoms with Gasteiger partial charge < -0.3 is 5.73 Å². The van der Waals surface area contributed by atoms with Crippen molar-refractivity contribution in [1.29, 1.82) is 0 Å². The summed E-state index contributed by atoms with van der Waals surface area (Å²) in [5.74, 6) is 0. The van der Waals surface area contributed by atoms with Gasteiger partial charge in [0.05, 0.1) is 0 Å². The van der Waals surface area contributed by atoms with Gasteiger partial charge in [0.2, 0.25) is 0 Å². The molecule has 0 fully saturated rings. The van der Waals surface area contributed by atoms with Crippen molar-refractivity contribution in [1.82, 2.24) is 0 Å². The molecule has 1 aromatic carbocycles. The lowest BCUT2D eigenvalue weighted by Gasteiger charge is -2.21. The first-order valence-electron chi connectivity index (χ1n) is 5.40. The molecule has 1 nitrogen and oxygen atoms in total. The van der Waals surface area contributed by atoms with E-state index in [1.54, 1.807) is 0 Å². The molecule has 1 aromatic rings. The van der Waals surface area contributed by atoms with Gasteiger partial charge in [0.1, 0.15) is 0 Å². The smallest absolute Gasteiger partial charge is 0.0352 e. The van der Waals surface area contributed by atoms with Gasteiger partial charge in [0.25, 0.3) is 0 Å². The zero-order valence-corrected chi connectivity index (χ0v) is 9.35. The molecule has 14 heavy (non-hydrogen) atoms. The Morgan fingerprint density at radius 2 is 1.86 bits per heavy atom. The fraction of sp³-hybridized carbons (Fsp3) is 0.538. The molecule has 2 rings (SSSR count). The van der Waals surface area contributed by atoms with Crippen molar-refractivity contribution in [2.45, 2.75) is 45.4 Å². The van der Waals surface area contributed by atoms with Crippen LogP contribution in [0.1, 0.15) is 43.9 Å². The van der Waals surface area contributed by atoms with E-state index in [1.807, 2.05) is 0 Å². The van der Waals surface area contributed by atoms with Gasteiger partial charge in [-0.2, -0.15) is 0 Å². The van der Waals surface area contributed by atoms with Crippen LogP contribution in [0.15, 0.2) is 12.1 Å². The largest absolute Gasteiger partial charge is 0.398 e. The molecule has 1 aliphatic rings. The molecule has 0 saturated carbocycles. The van der Waals surface area contributed by atoms with Gasteiger partial charge in [-0.3, -0.25) is 0 Å². The van der Waals surface area contributed by atoms with E-state index in [0.29, 0.717) is 0 Å². The minimum absolute atomic E-state index is 0.214. The fourth-order valence-corrected chi connectivity index (χ4v) is 2.17. The number of nitrogen functional groups attached to an aromatic ring is 1. The molecular weight excluding hydrogens is 170 g/mol. The van der Waals surface area contributed by atoms with Crippen LogP contribution < -0.4 is 5.73 Å². The van der Waals surface area contributed by atoms with E-state index in [4.69, 9.17) is 5.73 Å². The highest BCUT2D eigenvalue weighted by molar-refractivity contribution is 5.56. The number of aryl methyl sites for hydroxylation is 1. The summed E-state index contributed by atoms with van der Waals surface area (Å²) in [7, 11) is 0. The Bertz CT molecular complexity index is 358. The van der Waals surface area contributed by atoms with Crippen LogP contribution in [0.5, 0.6) is 0 Å². The van der Waals surface area contributed by atoms with E-state index in [2.05, 4.69) is 32.9 Å². The predicted molar refractivity (Wildman–Crippen MR) is 61.6 cm³/mol. The summed E-state index contributed by atoms with van der Waals surface area (Å²) in [5, 5.41) is 0. The molecule has 1 heteroatoms. The summed E-state index contributed by atoms with van der Waals surface area (Å²) < 4.78 is 0. The van der Waals surface area contributed by atoms with Crippen LogP contribution in [0.4, 0.5) is 5.69 Å². The van der Waals surface area contributed by atoms with Gasteiger partial charge in [-0.1, -0.05) is 26.8 Å². The normalized spacial score (nSPS) is 15.6. The van der Waals surface area contributed by atoms with Gasteiger partial charge in [-0.25, -0.2) is 0 Å². The van der Waals surface area contributed by atoms with Crippen molar-refractivity contribution < 1.29 is 0 Å². The quantitative estimate of drug-likeness (QED) is 0.624. The second-order valence-electron chi connectivity index (χ2n) is 5.31. The standard InChI is InChI=1S/C13H19N/c1-13(2,3)10-7-9-5-4-6-11(9)12(14)8-10/h7-8H,4-6,14H2,1-3H3. The maximum Gasteiger partial charge on any atom is 0.0352 e. The third kappa shape index (κ3) is 1.52. The maximum atomic E-state index is 6.07. The van der Waals surface area contributed by atoms with Gasteiger partial charge >= 0.3 is 0 Å². The molecule has 1 aliphatic carbocycles. The minimum atomic E-state index is 0.214. The third-order valence-corrected chi connectivity index (χ3v) is 3.12. The molecule has 0 aromatic heterocycles. The Kier molecular flexibility index (Phi) is 2.06. The highest BCUT2D eigenvalue weighted by Gasteiger charge is 2.20. The van der Waals surface area contributed by atoms with E-state index in [0.717, 1.165) is 5.69 Å².